The lowest BCUT2D eigenvalue weighted by molar-refractivity contribution is -0.138. The van der Waals surface area contributed by atoms with Gasteiger partial charge in [0.15, 0.2) is 0 Å². The van der Waals surface area contributed by atoms with Crippen molar-refractivity contribution in [3.8, 4) is 21.0 Å². The van der Waals surface area contributed by atoms with Crippen molar-refractivity contribution in [2.24, 2.45) is 5.92 Å². The van der Waals surface area contributed by atoms with Crippen molar-refractivity contribution in [3.63, 3.8) is 0 Å². The lowest BCUT2D eigenvalue weighted by Gasteiger charge is -2.33. The predicted octanol–water partition coefficient (Wildman–Crippen LogP) is 5.95. The molecule has 2 N–H and O–H groups in total. The van der Waals surface area contributed by atoms with Crippen molar-refractivity contribution >= 4 is 35.0 Å². The van der Waals surface area contributed by atoms with Crippen molar-refractivity contribution in [1.82, 2.24) is 15.2 Å². The van der Waals surface area contributed by atoms with Crippen LogP contribution >= 0.6 is 23.1 Å². The van der Waals surface area contributed by atoms with Crippen molar-refractivity contribution in [3.05, 3.63) is 84.2 Å². The van der Waals surface area contributed by atoms with Gasteiger partial charge in [-0.25, -0.2) is 4.98 Å². The number of morpholine rings is 1. The fourth-order valence-electron chi connectivity index (χ4n) is 4.62. The van der Waals surface area contributed by atoms with Gasteiger partial charge in [0.1, 0.15) is 15.4 Å². The number of nitrogens with one attached hydrogen (secondary N) is 1. The zero-order valence-electron chi connectivity index (χ0n) is 22.8. The molecule has 1 fully saturated rings. The third-order valence-corrected chi connectivity index (χ3v) is 9.36. The van der Waals surface area contributed by atoms with Crippen LogP contribution < -0.4 is 5.32 Å². The van der Waals surface area contributed by atoms with E-state index in [0.29, 0.717) is 5.69 Å². The van der Waals surface area contributed by atoms with Gasteiger partial charge >= 0.3 is 5.97 Å². The van der Waals surface area contributed by atoms with Crippen LogP contribution in [0.2, 0.25) is 0 Å². The van der Waals surface area contributed by atoms with Gasteiger partial charge in [-0.05, 0) is 37.6 Å². The number of aromatic nitrogens is 1. The van der Waals surface area contributed by atoms with Gasteiger partial charge in [-0.3, -0.25) is 9.59 Å². The minimum atomic E-state index is -0.933. The van der Waals surface area contributed by atoms with Crippen LogP contribution in [0.3, 0.4) is 0 Å². The third kappa shape index (κ3) is 6.32. The largest absolute Gasteiger partial charge is 0.480 e. The fraction of sp³-hybridized carbons (Fsp3) is 0.323. The molecule has 0 saturated carbocycles. The van der Waals surface area contributed by atoms with Crippen LogP contribution in [0.5, 0.6) is 0 Å². The van der Waals surface area contributed by atoms with E-state index >= 15 is 0 Å². The summed E-state index contributed by atoms with van der Waals surface area (Å²) in [5, 5.41) is 13.4. The molecule has 2 heterocycles. The van der Waals surface area contributed by atoms with Crippen molar-refractivity contribution < 1.29 is 19.4 Å². The highest BCUT2D eigenvalue weighted by molar-refractivity contribution is 8.01. The molecule has 1 saturated heterocycles. The molecule has 9 heteroatoms. The summed E-state index contributed by atoms with van der Waals surface area (Å²) in [6.07, 6.45) is 6.37. The van der Waals surface area contributed by atoms with Gasteiger partial charge in [0, 0.05) is 35.2 Å². The smallest absolute Gasteiger partial charge is 0.319 e. The molecule has 2 atom stereocenters. The number of carboxylic acids is 1. The summed E-state index contributed by atoms with van der Waals surface area (Å²) < 4.78 is 4.54. The topological polar surface area (TPSA) is 91.8 Å². The third-order valence-electron chi connectivity index (χ3n) is 7.02. The Morgan fingerprint density at radius 1 is 1.07 bits per heavy atom. The van der Waals surface area contributed by atoms with Crippen LogP contribution in [0.25, 0.3) is 21.0 Å². The van der Waals surface area contributed by atoms with E-state index in [0.717, 1.165) is 52.2 Å². The molecule has 1 aromatic heterocycles. The van der Waals surface area contributed by atoms with Gasteiger partial charge in [-0.2, -0.15) is 0 Å². The van der Waals surface area contributed by atoms with Crippen LogP contribution in [-0.4, -0.2) is 64.0 Å². The maximum Gasteiger partial charge on any atom is 0.319 e. The molecule has 0 spiro atoms. The van der Waals surface area contributed by atoms with E-state index in [-0.39, 0.29) is 17.9 Å². The van der Waals surface area contributed by atoms with Crippen molar-refractivity contribution in [2.45, 2.75) is 36.5 Å². The Labute approximate surface area is 243 Å². The van der Waals surface area contributed by atoms with Crippen LogP contribution in [0, 0.1) is 5.92 Å². The fourth-order valence-corrected chi connectivity index (χ4v) is 6.65. The summed E-state index contributed by atoms with van der Waals surface area (Å²) in [7, 11) is 0. The monoisotopic (exact) mass is 575 g/mol. The Bertz CT molecular complexity index is 1420. The molecule has 7 nitrogen and oxygen atoms in total. The first kappa shape index (κ1) is 28.1. The van der Waals surface area contributed by atoms with Gasteiger partial charge in [0.2, 0.25) is 0 Å². The number of thioether (sulfide) groups is 1. The number of aliphatic carboxylic acids is 1. The summed E-state index contributed by atoms with van der Waals surface area (Å²) in [5.74, 6) is -0.939. The Balaban J connectivity index is 1.37. The number of carbonyl (C=O) groups is 2. The molecule has 5 rings (SSSR count). The van der Waals surface area contributed by atoms with E-state index in [1.54, 1.807) is 13.8 Å². The number of hydrogen-bond acceptors (Lipinski definition) is 7. The molecule has 2 unspecified atom stereocenters. The van der Waals surface area contributed by atoms with Crippen LogP contribution in [0.4, 0.5) is 0 Å². The quantitative estimate of drug-likeness (QED) is 0.321. The minimum Gasteiger partial charge on any atom is -0.480 e. The number of hydrogen-bond donors (Lipinski definition) is 2. The summed E-state index contributed by atoms with van der Waals surface area (Å²) >= 11 is 2.77. The molecule has 2 aliphatic rings. The second-order valence-electron chi connectivity index (χ2n) is 10.4. The zero-order valence-corrected chi connectivity index (χ0v) is 24.4. The number of carboxylic acid groups (broad SMARTS) is 1. The average molecular weight is 576 g/mol. The number of ether oxygens (including phenoxy) is 1. The molecule has 0 radical (unpaired) electrons. The molecule has 0 bridgehead atoms. The Morgan fingerprint density at radius 2 is 1.77 bits per heavy atom. The molecule has 2 aromatic carbocycles. The van der Waals surface area contributed by atoms with Gasteiger partial charge in [0.25, 0.3) is 5.91 Å². The van der Waals surface area contributed by atoms with E-state index in [4.69, 9.17) is 9.72 Å². The highest BCUT2D eigenvalue weighted by Gasteiger charge is 2.29. The number of allylic oxidation sites excluding steroid dienone is 1. The Hall–Kier alpha value is -3.40. The van der Waals surface area contributed by atoms with Gasteiger partial charge in [-0.1, -0.05) is 61.5 Å². The zero-order chi connectivity index (χ0) is 28.3. The standard InChI is InChI=1S/C31H33N3O4S2/c1-20-19-23(34-15-17-38-18-16-34)11-14-25(20)32-28(35)26-27(21-7-5-4-6-8-21)39-29(33-26)22-9-12-24(13-10-22)40-31(2,3)30(36)37/h4-14,19-20,25H,15-18H2,1-3H3,(H,32,35)(H,36,37). The van der Waals surface area contributed by atoms with Crippen LogP contribution in [0.15, 0.2) is 83.4 Å². The molecule has 3 aromatic rings. The van der Waals surface area contributed by atoms with E-state index in [2.05, 4.69) is 35.4 Å². The number of thiazole rings is 1. The predicted molar refractivity (Wildman–Crippen MR) is 161 cm³/mol. The van der Waals surface area contributed by atoms with Crippen LogP contribution in [-0.2, 0) is 9.53 Å². The second-order valence-corrected chi connectivity index (χ2v) is 13.1. The normalized spacial score (nSPS) is 19.3. The van der Waals surface area contributed by atoms with Crippen molar-refractivity contribution in [1.29, 1.82) is 0 Å². The van der Waals surface area contributed by atoms with E-state index in [9.17, 15) is 14.7 Å². The maximum atomic E-state index is 13.6. The lowest BCUT2D eigenvalue weighted by atomic mass is 9.94. The molecule has 1 amide bonds. The summed E-state index contributed by atoms with van der Waals surface area (Å²) in [6.45, 7) is 8.70. The minimum absolute atomic E-state index is 0.130. The van der Waals surface area contributed by atoms with Crippen molar-refractivity contribution in [2.75, 3.05) is 26.3 Å². The van der Waals surface area contributed by atoms with E-state index < -0.39 is 10.7 Å². The summed E-state index contributed by atoms with van der Waals surface area (Å²) in [5.41, 5.74) is 3.40. The van der Waals surface area contributed by atoms with Gasteiger partial charge in [0.05, 0.1) is 24.1 Å². The van der Waals surface area contributed by atoms with Crippen LogP contribution in [0.1, 0.15) is 31.3 Å². The first-order valence-corrected chi connectivity index (χ1v) is 15.0. The highest BCUT2D eigenvalue weighted by Crippen LogP contribution is 2.38. The highest BCUT2D eigenvalue weighted by atomic mass is 32.2. The molecule has 208 valence electrons. The number of amides is 1. The van der Waals surface area contributed by atoms with Gasteiger partial charge in [-0.15, -0.1) is 23.1 Å². The first-order chi connectivity index (χ1) is 19.2. The average Bonchev–Trinajstić information content (AvgIpc) is 3.41. The van der Waals surface area contributed by atoms with E-state index in [1.165, 1.54) is 28.8 Å². The summed E-state index contributed by atoms with van der Waals surface area (Å²) in [4.78, 5) is 34.0. The number of nitrogens with zero attached hydrogens (tertiary/aromatic N) is 2. The molecule has 1 aliphatic heterocycles. The van der Waals surface area contributed by atoms with E-state index in [1.807, 2.05) is 54.6 Å². The number of rotatable bonds is 8. The Kier molecular flexibility index (Phi) is 8.44. The first-order valence-electron chi connectivity index (χ1n) is 13.3. The molecule has 1 aliphatic carbocycles. The Morgan fingerprint density at radius 3 is 2.42 bits per heavy atom. The molecule has 40 heavy (non-hydrogen) atoms. The maximum absolute atomic E-state index is 13.6. The second kappa shape index (κ2) is 12.0. The SMILES string of the molecule is CC1C=C(N2CCOCC2)C=CC1NC(=O)c1nc(-c2ccc(SC(C)(C)C(=O)O)cc2)sc1-c1ccccc1. The number of benzene rings is 2. The lowest BCUT2D eigenvalue weighted by Crippen LogP contribution is -2.41. The molecular weight excluding hydrogens is 542 g/mol. The number of carbonyl (C=O) groups excluding carboxylic acids is 1. The van der Waals surface area contributed by atoms with Gasteiger partial charge < -0.3 is 20.1 Å². The summed E-state index contributed by atoms with van der Waals surface area (Å²) in [6, 6.07) is 17.4. The molecular formula is C31H33N3O4S2.